The van der Waals surface area contributed by atoms with Crippen LogP contribution in [-0.2, 0) is 0 Å². The number of aromatic nitrogens is 3. The fraction of sp³-hybridized carbons (Fsp3) is 0.857. The molecular formula is C14H26BrN3. The smallest absolute Gasteiger partial charge is 0.0855 e. The van der Waals surface area contributed by atoms with Gasteiger partial charge in [-0.2, -0.15) is 15.4 Å². The molecule has 0 bridgehead atoms. The predicted molar refractivity (Wildman–Crippen MR) is 80.1 cm³/mol. The van der Waals surface area contributed by atoms with Gasteiger partial charge in [0.25, 0.3) is 0 Å². The molecule has 0 spiro atoms. The van der Waals surface area contributed by atoms with Gasteiger partial charge in [-0.1, -0.05) is 61.4 Å². The van der Waals surface area contributed by atoms with Crippen LogP contribution < -0.4 is 0 Å². The second kappa shape index (κ2) is 10.5. The van der Waals surface area contributed by atoms with Crippen molar-refractivity contribution in [2.24, 2.45) is 0 Å². The Kier molecular flexibility index (Phi) is 9.17. The first-order chi connectivity index (χ1) is 8.88. The molecule has 0 radical (unpaired) electrons. The van der Waals surface area contributed by atoms with E-state index < -0.39 is 0 Å². The molecule has 1 unspecified atom stereocenters. The topological polar surface area (TPSA) is 41.6 Å². The molecule has 3 nitrogen and oxygen atoms in total. The summed E-state index contributed by atoms with van der Waals surface area (Å²) in [6, 6.07) is 0. The number of nitrogens with one attached hydrogen (secondary N) is 1. The maximum Gasteiger partial charge on any atom is 0.0855 e. The van der Waals surface area contributed by atoms with Gasteiger partial charge in [0.05, 0.1) is 11.9 Å². The molecule has 0 amide bonds. The number of hydrogen-bond donors (Lipinski definition) is 1. The molecule has 0 aliphatic carbocycles. The molecule has 1 aromatic heterocycles. The Morgan fingerprint density at radius 2 is 1.83 bits per heavy atom. The molecule has 1 aromatic rings. The summed E-state index contributed by atoms with van der Waals surface area (Å²) < 4.78 is 0. The van der Waals surface area contributed by atoms with Crippen LogP contribution >= 0.6 is 15.9 Å². The van der Waals surface area contributed by atoms with Crippen LogP contribution in [0.3, 0.4) is 0 Å². The standard InChI is InChI=1S/C14H26BrN3/c1-2-3-6-9-13(14-12-16-18-17-14)10-7-4-5-8-11-15/h12-13H,2-11H2,1H3,(H,16,17,18). The Morgan fingerprint density at radius 1 is 1.11 bits per heavy atom. The SMILES string of the molecule is CCCCCC(CCCCCCBr)c1cn[nH]n1. The molecule has 1 rings (SSSR count). The number of unbranched alkanes of at least 4 members (excludes halogenated alkanes) is 5. The van der Waals surface area contributed by atoms with Crippen molar-refractivity contribution in [3.63, 3.8) is 0 Å². The molecular weight excluding hydrogens is 290 g/mol. The van der Waals surface area contributed by atoms with Crippen LogP contribution in [0.15, 0.2) is 6.20 Å². The largest absolute Gasteiger partial charge is 0.198 e. The fourth-order valence-electron chi connectivity index (χ4n) is 2.33. The third-order valence-corrected chi connectivity index (χ3v) is 4.01. The van der Waals surface area contributed by atoms with Crippen LogP contribution in [0.2, 0.25) is 0 Å². The molecule has 104 valence electrons. The minimum absolute atomic E-state index is 0.610. The van der Waals surface area contributed by atoms with Crippen LogP contribution in [0.5, 0.6) is 0 Å². The lowest BCUT2D eigenvalue weighted by molar-refractivity contribution is 0.493. The zero-order valence-corrected chi connectivity index (χ0v) is 13.1. The summed E-state index contributed by atoms with van der Waals surface area (Å²) in [5.74, 6) is 0.610. The van der Waals surface area contributed by atoms with Gasteiger partial charge in [0.15, 0.2) is 0 Å². The average Bonchev–Trinajstić information content (AvgIpc) is 2.90. The van der Waals surface area contributed by atoms with Crippen molar-refractivity contribution < 1.29 is 0 Å². The van der Waals surface area contributed by atoms with E-state index in [2.05, 4.69) is 38.3 Å². The molecule has 0 aromatic carbocycles. The summed E-state index contributed by atoms with van der Waals surface area (Å²) in [7, 11) is 0. The van der Waals surface area contributed by atoms with Gasteiger partial charge in [-0.3, -0.25) is 0 Å². The van der Waals surface area contributed by atoms with E-state index in [0.717, 1.165) is 11.0 Å². The van der Waals surface area contributed by atoms with Crippen LogP contribution in [0.4, 0.5) is 0 Å². The summed E-state index contributed by atoms with van der Waals surface area (Å²) in [6.45, 7) is 2.26. The summed E-state index contributed by atoms with van der Waals surface area (Å²) in [6.07, 6.45) is 13.6. The first kappa shape index (κ1) is 15.7. The lowest BCUT2D eigenvalue weighted by Gasteiger charge is -2.13. The summed E-state index contributed by atoms with van der Waals surface area (Å²) in [5, 5.41) is 12.1. The van der Waals surface area contributed by atoms with Crippen molar-refractivity contribution in [3.05, 3.63) is 11.9 Å². The van der Waals surface area contributed by atoms with Crippen LogP contribution in [0.25, 0.3) is 0 Å². The molecule has 0 aliphatic heterocycles. The Labute approximate surface area is 119 Å². The highest BCUT2D eigenvalue weighted by molar-refractivity contribution is 9.09. The highest BCUT2D eigenvalue weighted by atomic mass is 79.9. The van der Waals surface area contributed by atoms with Crippen molar-refractivity contribution in [2.45, 2.75) is 70.6 Å². The van der Waals surface area contributed by atoms with Gasteiger partial charge in [0, 0.05) is 11.2 Å². The van der Waals surface area contributed by atoms with Crippen molar-refractivity contribution in [1.82, 2.24) is 15.4 Å². The molecule has 1 atom stereocenters. The van der Waals surface area contributed by atoms with Gasteiger partial charge in [-0.05, 0) is 19.3 Å². The highest BCUT2D eigenvalue weighted by Crippen LogP contribution is 2.26. The molecule has 18 heavy (non-hydrogen) atoms. The summed E-state index contributed by atoms with van der Waals surface area (Å²) in [4.78, 5) is 0. The second-order valence-corrected chi connectivity index (χ2v) is 5.77. The Hall–Kier alpha value is -0.380. The number of nitrogens with zero attached hydrogens (tertiary/aromatic N) is 2. The molecule has 1 N–H and O–H groups in total. The lowest BCUT2D eigenvalue weighted by atomic mass is 9.92. The van der Waals surface area contributed by atoms with E-state index in [9.17, 15) is 0 Å². The number of halogens is 1. The number of H-pyrrole nitrogens is 1. The van der Waals surface area contributed by atoms with E-state index in [1.807, 2.05) is 6.20 Å². The maximum absolute atomic E-state index is 4.27. The normalized spacial score (nSPS) is 12.8. The van der Waals surface area contributed by atoms with Gasteiger partial charge in [0.2, 0.25) is 0 Å². The zero-order valence-electron chi connectivity index (χ0n) is 11.5. The minimum atomic E-state index is 0.610. The van der Waals surface area contributed by atoms with Crippen molar-refractivity contribution in [2.75, 3.05) is 5.33 Å². The number of hydrogen-bond acceptors (Lipinski definition) is 2. The quantitative estimate of drug-likeness (QED) is 0.470. The van der Waals surface area contributed by atoms with Crippen molar-refractivity contribution in [3.8, 4) is 0 Å². The molecule has 4 heteroatoms. The Balaban J connectivity index is 2.26. The second-order valence-electron chi connectivity index (χ2n) is 4.98. The molecule has 1 heterocycles. The Morgan fingerprint density at radius 3 is 2.44 bits per heavy atom. The highest BCUT2D eigenvalue weighted by Gasteiger charge is 2.13. The van der Waals surface area contributed by atoms with E-state index in [-0.39, 0.29) is 0 Å². The minimum Gasteiger partial charge on any atom is -0.198 e. The van der Waals surface area contributed by atoms with E-state index in [0.29, 0.717) is 5.92 Å². The van der Waals surface area contributed by atoms with Gasteiger partial charge in [0.1, 0.15) is 0 Å². The molecule has 0 fully saturated rings. The lowest BCUT2D eigenvalue weighted by Crippen LogP contribution is -2.00. The number of rotatable bonds is 11. The maximum atomic E-state index is 4.27. The van der Waals surface area contributed by atoms with Crippen molar-refractivity contribution >= 4 is 15.9 Å². The van der Waals surface area contributed by atoms with E-state index >= 15 is 0 Å². The van der Waals surface area contributed by atoms with E-state index in [1.165, 1.54) is 57.8 Å². The van der Waals surface area contributed by atoms with Crippen molar-refractivity contribution in [1.29, 1.82) is 0 Å². The van der Waals surface area contributed by atoms with Gasteiger partial charge < -0.3 is 0 Å². The summed E-state index contributed by atoms with van der Waals surface area (Å²) >= 11 is 3.48. The summed E-state index contributed by atoms with van der Waals surface area (Å²) in [5.41, 5.74) is 1.16. The van der Waals surface area contributed by atoms with Gasteiger partial charge >= 0.3 is 0 Å². The third kappa shape index (κ3) is 6.53. The molecule has 0 saturated carbocycles. The predicted octanol–water partition coefficient (Wildman–Crippen LogP) is 4.81. The van der Waals surface area contributed by atoms with Crippen LogP contribution in [0, 0.1) is 0 Å². The zero-order chi connectivity index (χ0) is 13.1. The first-order valence-corrected chi connectivity index (χ1v) is 8.42. The fourth-order valence-corrected chi connectivity index (χ4v) is 2.72. The monoisotopic (exact) mass is 315 g/mol. The van der Waals surface area contributed by atoms with E-state index in [1.54, 1.807) is 0 Å². The molecule has 0 saturated heterocycles. The number of alkyl halides is 1. The van der Waals surface area contributed by atoms with Gasteiger partial charge in [-0.15, -0.1) is 0 Å². The average molecular weight is 316 g/mol. The molecule has 0 aliphatic rings. The van der Waals surface area contributed by atoms with Crippen LogP contribution in [0.1, 0.15) is 76.3 Å². The Bertz CT molecular complexity index is 275. The first-order valence-electron chi connectivity index (χ1n) is 7.30. The van der Waals surface area contributed by atoms with E-state index in [4.69, 9.17) is 0 Å². The van der Waals surface area contributed by atoms with Gasteiger partial charge in [-0.25, -0.2) is 0 Å². The number of aromatic amines is 1. The third-order valence-electron chi connectivity index (χ3n) is 3.44. The van der Waals surface area contributed by atoms with Crippen LogP contribution in [-0.4, -0.2) is 20.7 Å².